The van der Waals surface area contributed by atoms with Gasteiger partial charge in [0.2, 0.25) is 10.0 Å². The van der Waals surface area contributed by atoms with E-state index in [4.69, 9.17) is 4.74 Å². The topological polar surface area (TPSA) is 67.4 Å². The van der Waals surface area contributed by atoms with Crippen LogP contribution in [0.3, 0.4) is 0 Å². The van der Waals surface area contributed by atoms with E-state index in [0.29, 0.717) is 11.7 Å². The van der Waals surface area contributed by atoms with E-state index in [2.05, 4.69) is 23.9 Å². The van der Waals surface area contributed by atoms with E-state index in [1.54, 1.807) is 19.1 Å². The van der Waals surface area contributed by atoms with E-state index >= 15 is 0 Å². The zero-order valence-corrected chi connectivity index (χ0v) is 13.7. The lowest BCUT2D eigenvalue weighted by molar-refractivity contribution is -0.0553. The molecule has 1 fully saturated rings. The number of hydrogen-bond donors (Lipinski definition) is 2. The van der Waals surface area contributed by atoms with E-state index in [9.17, 15) is 8.42 Å². The second-order valence-electron chi connectivity index (χ2n) is 6.03. The summed E-state index contributed by atoms with van der Waals surface area (Å²) in [5.74, 6) is 0.0736. The smallest absolute Gasteiger partial charge is 0.232 e. The summed E-state index contributed by atoms with van der Waals surface area (Å²) in [6.45, 7) is 6.58. The molecule has 0 amide bonds. The molecule has 1 saturated heterocycles. The maximum atomic E-state index is 11.5. The predicted molar refractivity (Wildman–Crippen MR) is 86.2 cm³/mol. The van der Waals surface area contributed by atoms with Crippen molar-refractivity contribution in [1.82, 2.24) is 0 Å². The highest BCUT2D eigenvalue weighted by atomic mass is 32.2. The number of nitrogens with one attached hydrogen (secondary N) is 2. The summed E-state index contributed by atoms with van der Waals surface area (Å²) in [6.07, 6.45) is 1.94. The van der Waals surface area contributed by atoms with Gasteiger partial charge >= 0.3 is 0 Å². The molecule has 1 unspecified atom stereocenters. The lowest BCUT2D eigenvalue weighted by atomic mass is 9.94. The molecule has 1 atom stereocenters. The predicted octanol–water partition coefficient (Wildman–Crippen LogP) is 2.82. The van der Waals surface area contributed by atoms with Crippen molar-refractivity contribution < 1.29 is 13.2 Å². The Bertz CT molecular complexity index is 567. The number of rotatable bonds is 5. The van der Waals surface area contributed by atoms with Gasteiger partial charge in [-0.1, -0.05) is 0 Å². The Hall–Kier alpha value is -1.27. The molecule has 6 heteroatoms. The summed E-state index contributed by atoms with van der Waals surface area (Å²) in [4.78, 5) is 0. The van der Waals surface area contributed by atoms with Gasteiger partial charge in [0.15, 0.2) is 0 Å². The quantitative estimate of drug-likeness (QED) is 0.877. The van der Waals surface area contributed by atoms with Crippen LogP contribution in [0.4, 0.5) is 11.4 Å². The van der Waals surface area contributed by atoms with Gasteiger partial charge in [0, 0.05) is 24.0 Å². The summed E-state index contributed by atoms with van der Waals surface area (Å²) in [5, 5.41) is 3.48. The van der Waals surface area contributed by atoms with E-state index in [1.165, 1.54) is 0 Å². The largest absolute Gasteiger partial charge is 0.382 e. The first-order chi connectivity index (χ1) is 9.80. The zero-order chi connectivity index (χ0) is 15.5. The zero-order valence-electron chi connectivity index (χ0n) is 12.8. The molecule has 1 aromatic carbocycles. The lowest BCUT2D eigenvalue weighted by Crippen LogP contribution is -2.40. The van der Waals surface area contributed by atoms with Gasteiger partial charge in [-0.3, -0.25) is 4.72 Å². The number of sulfonamides is 1. The van der Waals surface area contributed by atoms with Gasteiger partial charge in [0.25, 0.3) is 0 Å². The molecule has 0 radical (unpaired) electrons. The van der Waals surface area contributed by atoms with Crippen molar-refractivity contribution in [2.45, 2.75) is 45.3 Å². The first kappa shape index (κ1) is 16.1. The van der Waals surface area contributed by atoms with Crippen LogP contribution < -0.4 is 10.0 Å². The number of benzene rings is 1. The maximum absolute atomic E-state index is 11.5. The first-order valence-electron chi connectivity index (χ1n) is 7.31. The van der Waals surface area contributed by atoms with E-state index < -0.39 is 10.0 Å². The van der Waals surface area contributed by atoms with Crippen molar-refractivity contribution in [2.24, 2.45) is 0 Å². The van der Waals surface area contributed by atoms with Crippen LogP contribution in [-0.2, 0) is 14.8 Å². The highest BCUT2D eigenvalue weighted by Gasteiger charge is 2.28. The fourth-order valence-electron chi connectivity index (χ4n) is 2.48. The van der Waals surface area contributed by atoms with Crippen LogP contribution in [0.2, 0.25) is 0 Å². The van der Waals surface area contributed by atoms with Crippen LogP contribution in [-0.4, -0.2) is 32.4 Å². The van der Waals surface area contributed by atoms with Crippen LogP contribution in [0.15, 0.2) is 24.3 Å². The molecular weight excluding hydrogens is 288 g/mol. The summed E-state index contributed by atoms with van der Waals surface area (Å²) < 4.78 is 31.2. The van der Waals surface area contributed by atoms with Crippen LogP contribution in [0.5, 0.6) is 0 Å². The Labute approximate surface area is 127 Å². The molecule has 21 heavy (non-hydrogen) atoms. The number of anilines is 2. The molecule has 0 bridgehead atoms. The molecule has 0 aliphatic carbocycles. The molecule has 118 valence electrons. The molecule has 2 N–H and O–H groups in total. The summed E-state index contributed by atoms with van der Waals surface area (Å²) in [5.41, 5.74) is 1.50. The third-order valence-corrected chi connectivity index (χ3v) is 4.91. The molecule has 0 spiro atoms. The van der Waals surface area contributed by atoms with Gasteiger partial charge in [0.05, 0.1) is 11.4 Å². The van der Waals surface area contributed by atoms with Crippen molar-refractivity contribution in [3.05, 3.63) is 24.3 Å². The van der Waals surface area contributed by atoms with Gasteiger partial charge < -0.3 is 10.1 Å². The van der Waals surface area contributed by atoms with Gasteiger partial charge in [-0.05, 0) is 57.9 Å². The lowest BCUT2D eigenvalue weighted by Gasteiger charge is -2.36. The summed E-state index contributed by atoms with van der Waals surface area (Å²) >= 11 is 0. The van der Waals surface area contributed by atoms with Gasteiger partial charge in [-0.2, -0.15) is 0 Å². The van der Waals surface area contributed by atoms with Crippen LogP contribution >= 0.6 is 0 Å². The second kappa shape index (κ2) is 6.23. The molecular formula is C15H24N2O3S. The van der Waals surface area contributed by atoms with Crippen LogP contribution in [0.25, 0.3) is 0 Å². The van der Waals surface area contributed by atoms with Gasteiger partial charge in [0.1, 0.15) is 0 Å². The Balaban J connectivity index is 1.96. The van der Waals surface area contributed by atoms with E-state index in [1.807, 2.05) is 12.1 Å². The summed E-state index contributed by atoms with van der Waals surface area (Å²) in [6, 6.07) is 7.73. The highest BCUT2D eigenvalue weighted by Crippen LogP contribution is 2.26. The molecule has 1 aliphatic heterocycles. The van der Waals surface area contributed by atoms with Crippen molar-refractivity contribution in [3.63, 3.8) is 0 Å². The van der Waals surface area contributed by atoms with Crippen LogP contribution in [0.1, 0.15) is 33.6 Å². The minimum absolute atomic E-state index is 0.0736. The minimum Gasteiger partial charge on any atom is -0.382 e. The SMILES string of the molecule is CCS(=O)(=O)Nc1ccc(NC2CCOC(C)(C)C2)cc1. The van der Waals surface area contributed by atoms with Crippen molar-refractivity contribution >= 4 is 21.4 Å². The molecule has 1 aromatic rings. The minimum atomic E-state index is -3.21. The monoisotopic (exact) mass is 312 g/mol. The average Bonchev–Trinajstić information content (AvgIpc) is 2.40. The third-order valence-electron chi connectivity index (χ3n) is 3.61. The molecule has 0 saturated carbocycles. The molecule has 0 aromatic heterocycles. The van der Waals surface area contributed by atoms with Crippen molar-refractivity contribution in [1.29, 1.82) is 0 Å². The first-order valence-corrected chi connectivity index (χ1v) is 8.96. The summed E-state index contributed by atoms with van der Waals surface area (Å²) in [7, 11) is -3.21. The molecule has 2 rings (SSSR count). The Kier molecular flexibility index (Phi) is 4.78. The number of hydrogen-bond acceptors (Lipinski definition) is 4. The fourth-order valence-corrected chi connectivity index (χ4v) is 3.12. The van der Waals surface area contributed by atoms with Crippen molar-refractivity contribution in [3.8, 4) is 0 Å². The van der Waals surface area contributed by atoms with Gasteiger partial charge in [-0.15, -0.1) is 0 Å². The normalized spacial score (nSPS) is 21.8. The van der Waals surface area contributed by atoms with E-state index in [0.717, 1.165) is 25.1 Å². The Morgan fingerprint density at radius 3 is 2.43 bits per heavy atom. The third kappa shape index (κ3) is 4.89. The second-order valence-corrected chi connectivity index (χ2v) is 8.04. The molecule has 1 aliphatic rings. The Morgan fingerprint density at radius 1 is 1.24 bits per heavy atom. The van der Waals surface area contributed by atoms with Gasteiger partial charge in [-0.25, -0.2) is 8.42 Å². The fraction of sp³-hybridized carbons (Fsp3) is 0.600. The molecule has 1 heterocycles. The number of ether oxygens (including phenoxy) is 1. The molecule has 5 nitrogen and oxygen atoms in total. The standard InChI is InChI=1S/C15H24N2O3S/c1-4-21(18,19)17-13-7-5-12(6-8-13)16-14-9-10-20-15(2,3)11-14/h5-8,14,16-17H,4,9-11H2,1-3H3. The average molecular weight is 312 g/mol. The Morgan fingerprint density at radius 2 is 1.86 bits per heavy atom. The highest BCUT2D eigenvalue weighted by molar-refractivity contribution is 7.92. The van der Waals surface area contributed by atoms with Crippen molar-refractivity contribution in [2.75, 3.05) is 22.4 Å². The van der Waals surface area contributed by atoms with Crippen LogP contribution in [0, 0.1) is 0 Å². The van der Waals surface area contributed by atoms with E-state index in [-0.39, 0.29) is 11.4 Å². The maximum Gasteiger partial charge on any atom is 0.232 e.